The standard InChI is InChI=1S/C11H11FN2O/c12-11-3-8(4-13)1-2-9(11)5-14-10-6-15-7-10/h1-3,10,14H,5-7H2. The third-order valence-corrected chi connectivity index (χ3v) is 2.40. The Labute approximate surface area is 87.5 Å². The lowest BCUT2D eigenvalue weighted by molar-refractivity contribution is -0.00588. The normalized spacial score (nSPS) is 15.7. The number of hydrogen-bond donors (Lipinski definition) is 1. The summed E-state index contributed by atoms with van der Waals surface area (Å²) >= 11 is 0. The Morgan fingerprint density at radius 1 is 1.53 bits per heavy atom. The van der Waals surface area contributed by atoms with Crippen LogP contribution in [0, 0.1) is 17.1 Å². The number of halogens is 1. The molecule has 1 N–H and O–H groups in total. The maximum absolute atomic E-state index is 13.4. The van der Waals surface area contributed by atoms with Crippen LogP contribution in [0.2, 0.25) is 0 Å². The van der Waals surface area contributed by atoms with E-state index in [4.69, 9.17) is 10.00 Å². The highest BCUT2D eigenvalue weighted by Gasteiger charge is 2.17. The van der Waals surface area contributed by atoms with E-state index in [-0.39, 0.29) is 5.82 Å². The van der Waals surface area contributed by atoms with Crippen LogP contribution in [0.15, 0.2) is 18.2 Å². The van der Waals surface area contributed by atoms with E-state index >= 15 is 0 Å². The zero-order valence-electron chi connectivity index (χ0n) is 8.16. The third kappa shape index (κ3) is 2.32. The van der Waals surface area contributed by atoms with Gasteiger partial charge in [-0.1, -0.05) is 6.07 Å². The van der Waals surface area contributed by atoms with E-state index in [9.17, 15) is 4.39 Å². The largest absolute Gasteiger partial charge is 0.378 e. The van der Waals surface area contributed by atoms with Crippen LogP contribution < -0.4 is 5.32 Å². The smallest absolute Gasteiger partial charge is 0.129 e. The number of hydrogen-bond acceptors (Lipinski definition) is 3. The number of rotatable bonds is 3. The van der Waals surface area contributed by atoms with E-state index in [1.54, 1.807) is 12.1 Å². The van der Waals surface area contributed by atoms with Gasteiger partial charge < -0.3 is 10.1 Å². The molecular weight excluding hydrogens is 195 g/mol. The van der Waals surface area contributed by atoms with Crippen molar-refractivity contribution >= 4 is 0 Å². The molecule has 3 nitrogen and oxygen atoms in total. The summed E-state index contributed by atoms with van der Waals surface area (Å²) in [6, 6.07) is 6.76. The van der Waals surface area contributed by atoms with Gasteiger partial charge in [0.25, 0.3) is 0 Å². The van der Waals surface area contributed by atoms with Crippen LogP contribution in [0.4, 0.5) is 4.39 Å². The van der Waals surface area contributed by atoms with Gasteiger partial charge in [-0.3, -0.25) is 0 Å². The number of benzene rings is 1. The van der Waals surface area contributed by atoms with Crippen molar-refractivity contribution in [2.24, 2.45) is 0 Å². The van der Waals surface area contributed by atoms with Crippen LogP contribution in [-0.2, 0) is 11.3 Å². The first-order chi connectivity index (χ1) is 7.29. The molecule has 1 aliphatic rings. The van der Waals surface area contributed by atoms with Crippen LogP contribution in [-0.4, -0.2) is 19.3 Å². The summed E-state index contributed by atoms with van der Waals surface area (Å²) in [6.45, 7) is 1.86. The van der Waals surface area contributed by atoms with Crippen molar-refractivity contribution in [1.82, 2.24) is 5.32 Å². The van der Waals surface area contributed by atoms with Crippen LogP contribution in [0.25, 0.3) is 0 Å². The van der Waals surface area contributed by atoms with Gasteiger partial charge in [0.1, 0.15) is 5.82 Å². The van der Waals surface area contributed by atoms with E-state index < -0.39 is 0 Å². The van der Waals surface area contributed by atoms with Gasteiger partial charge in [0.2, 0.25) is 0 Å². The fraction of sp³-hybridized carbons (Fsp3) is 0.364. The lowest BCUT2D eigenvalue weighted by atomic mass is 10.1. The van der Waals surface area contributed by atoms with Crippen molar-refractivity contribution < 1.29 is 9.13 Å². The summed E-state index contributed by atoms with van der Waals surface area (Å²) in [5, 5.41) is 11.7. The van der Waals surface area contributed by atoms with Gasteiger partial charge in [0, 0.05) is 12.1 Å². The molecule has 1 fully saturated rings. The molecule has 15 heavy (non-hydrogen) atoms. The van der Waals surface area contributed by atoms with Crippen molar-refractivity contribution in [3.63, 3.8) is 0 Å². The maximum atomic E-state index is 13.4. The summed E-state index contributed by atoms with van der Waals surface area (Å²) in [7, 11) is 0. The Kier molecular flexibility index (Phi) is 2.95. The summed E-state index contributed by atoms with van der Waals surface area (Å²) in [6.07, 6.45) is 0. The lowest BCUT2D eigenvalue weighted by Gasteiger charge is -2.27. The molecule has 0 aliphatic carbocycles. The minimum absolute atomic E-state index is 0.332. The predicted octanol–water partition coefficient (Wildman–Crippen LogP) is 1.19. The lowest BCUT2D eigenvalue weighted by Crippen LogP contribution is -2.45. The molecule has 1 aromatic carbocycles. The molecule has 0 unspecified atom stereocenters. The zero-order valence-corrected chi connectivity index (χ0v) is 8.16. The van der Waals surface area contributed by atoms with Gasteiger partial charge in [-0.15, -0.1) is 0 Å². The molecule has 0 spiro atoms. The van der Waals surface area contributed by atoms with Gasteiger partial charge in [-0.05, 0) is 12.1 Å². The molecule has 0 aromatic heterocycles. The molecule has 0 amide bonds. The topological polar surface area (TPSA) is 45.0 Å². The van der Waals surface area contributed by atoms with Crippen LogP contribution in [0.5, 0.6) is 0 Å². The number of nitriles is 1. The Hall–Kier alpha value is -1.44. The molecule has 1 saturated heterocycles. The monoisotopic (exact) mass is 206 g/mol. The highest BCUT2D eigenvalue weighted by molar-refractivity contribution is 5.32. The average molecular weight is 206 g/mol. The Balaban J connectivity index is 1.98. The van der Waals surface area contributed by atoms with Crippen LogP contribution in [0.3, 0.4) is 0 Å². The van der Waals surface area contributed by atoms with E-state index in [0.29, 0.717) is 36.9 Å². The zero-order chi connectivity index (χ0) is 10.7. The van der Waals surface area contributed by atoms with Gasteiger partial charge in [-0.2, -0.15) is 5.26 Å². The fourth-order valence-corrected chi connectivity index (χ4v) is 1.37. The second-order valence-electron chi connectivity index (χ2n) is 3.53. The molecule has 78 valence electrons. The fourth-order valence-electron chi connectivity index (χ4n) is 1.37. The molecule has 1 aliphatic heterocycles. The molecular formula is C11H11FN2O. The molecule has 1 aromatic rings. The van der Waals surface area contributed by atoms with E-state index in [1.165, 1.54) is 6.07 Å². The molecule has 0 radical (unpaired) electrons. The van der Waals surface area contributed by atoms with Gasteiger partial charge >= 0.3 is 0 Å². The van der Waals surface area contributed by atoms with E-state index in [1.807, 2.05) is 6.07 Å². The van der Waals surface area contributed by atoms with Crippen molar-refractivity contribution in [1.29, 1.82) is 5.26 Å². The van der Waals surface area contributed by atoms with Crippen molar-refractivity contribution in [2.75, 3.05) is 13.2 Å². The number of ether oxygens (including phenoxy) is 1. The maximum Gasteiger partial charge on any atom is 0.129 e. The first kappa shape index (κ1) is 10.1. The summed E-state index contributed by atoms with van der Waals surface area (Å²) < 4.78 is 18.4. The molecule has 2 rings (SSSR count). The quantitative estimate of drug-likeness (QED) is 0.807. The highest BCUT2D eigenvalue weighted by Crippen LogP contribution is 2.10. The Morgan fingerprint density at radius 3 is 2.87 bits per heavy atom. The summed E-state index contributed by atoms with van der Waals surface area (Å²) in [5.74, 6) is -0.332. The second-order valence-corrected chi connectivity index (χ2v) is 3.53. The van der Waals surface area contributed by atoms with Crippen molar-refractivity contribution in [3.05, 3.63) is 35.1 Å². The van der Waals surface area contributed by atoms with Crippen LogP contribution in [0.1, 0.15) is 11.1 Å². The number of nitrogens with zero attached hydrogens (tertiary/aromatic N) is 1. The first-order valence-corrected chi connectivity index (χ1v) is 4.79. The molecule has 4 heteroatoms. The molecule has 1 heterocycles. The van der Waals surface area contributed by atoms with Crippen molar-refractivity contribution in [2.45, 2.75) is 12.6 Å². The number of nitrogens with one attached hydrogen (secondary N) is 1. The molecule has 0 saturated carbocycles. The summed E-state index contributed by atoms with van der Waals surface area (Å²) in [4.78, 5) is 0. The van der Waals surface area contributed by atoms with Gasteiger partial charge in [0.05, 0.1) is 30.9 Å². The minimum atomic E-state index is -0.332. The summed E-state index contributed by atoms with van der Waals surface area (Å²) in [5.41, 5.74) is 0.934. The van der Waals surface area contributed by atoms with Gasteiger partial charge in [0.15, 0.2) is 0 Å². The highest BCUT2D eigenvalue weighted by atomic mass is 19.1. The van der Waals surface area contributed by atoms with E-state index in [2.05, 4.69) is 5.32 Å². The van der Waals surface area contributed by atoms with Crippen molar-refractivity contribution in [3.8, 4) is 6.07 Å². The van der Waals surface area contributed by atoms with Crippen LogP contribution >= 0.6 is 0 Å². The third-order valence-electron chi connectivity index (χ3n) is 2.40. The predicted molar refractivity (Wildman–Crippen MR) is 52.6 cm³/mol. The second kappa shape index (κ2) is 4.39. The SMILES string of the molecule is N#Cc1ccc(CNC2COC2)c(F)c1. The Morgan fingerprint density at radius 2 is 2.33 bits per heavy atom. The molecule has 0 atom stereocenters. The first-order valence-electron chi connectivity index (χ1n) is 4.79. The van der Waals surface area contributed by atoms with E-state index in [0.717, 1.165) is 0 Å². The Bertz CT molecular complexity index is 396. The molecule has 0 bridgehead atoms. The van der Waals surface area contributed by atoms with Gasteiger partial charge in [-0.25, -0.2) is 4.39 Å². The minimum Gasteiger partial charge on any atom is -0.378 e. The average Bonchev–Trinajstić information content (AvgIpc) is 2.18.